The maximum absolute atomic E-state index is 13.2. The van der Waals surface area contributed by atoms with Gasteiger partial charge in [-0.25, -0.2) is 0 Å². The van der Waals surface area contributed by atoms with Crippen LogP contribution in [0.25, 0.3) is 0 Å². The highest BCUT2D eigenvalue weighted by Crippen LogP contribution is 2.48. The van der Waals surface area contributed by atoms with Gasteiger partial charge in [0.2, 0.25) is 5.78 Å². The summed E-state index contributed by atoms with van der Waals surface area (Å²) >= 11 is 0. The number of carbonyl (C=O) groups is 1. The minimum Gasteiger partial charge on any atom is -0.405 e. The zero-order valence-corrected chi connectivity index (χ0v) is 10.4. The van der Waals surface area contributed by atoms with Crippen molar-refractivity contribution in [3.8, 4) is 5.75 Å². The molecule has 1 aromatic rings. The van der Waals surface area contributed by atoms with Crippen molar-refractivity contribution in [1.29, 1.82) is 0 Å². The van der Waals surface area contributed by atoms with Crippen molar-refractivity contribution in [3.63, 3.8) is 0 Å². The quantitative estimate of drug-likeness (QED) is 0.581. The first-order chi connectivity index (χ1) is 10.1. The van der Waals surface area contributed by atoms with Crippen LogP contribution in [-0.4, -0.2) is 30.2 Å². The van der Waals surface area contributed by atoms with E-state index < -0.39 is 41.5 Å². The molecule has 2 nitrogen and oxygen atoms in total. The van der Waals surface area contributed by atoms with Gasteiger partial charge < -0.3 is 4.74 Å². The molecule has 0 spiro atoms. The van der Waals surface area contributed by atoms with Crippen molar-refractivity contribution in [1.82, 2.24) is 0 Å². The van der Waals surface area contributed by atoms with Crippen LogP contribution in [0.2, 0.25) is 0 Å². The lowest BCUT2D eigenvalue weighted by atomic mass is 9.99. The second-order valence-electron chi connectivity index (χ2n) is 4.02. The van der Waals surface area contributed by atoms with Crippen molar-refractivity contribution < 1.29 is 53.4 Å². The first-order valence-electron chi connectivity index (χ1n) is 5.33. The van der Waals surface area contributed by atoms with E-state index in [0.29, 0.717) is 12.1 Å². The lowest BCUT2D eigenvalue weighted by Crippen LogP contribution is -2.56. The highest BCUT2D eigenvalue weighted by molar-refractivity contribution is 6.04. The molecule has 0 heterocycles. The average molecular weight is 358 g/mol. The van der Waals surface area contributed by atoms with Crippen molar-refractivity contribution >= 4 is 5.78 Å². The molecule has 0 aliphatic carbocycles. The van der Waals surface area contributed by atoms with Gasteiger partial charge in [0.25, 0.3) is 0 Å². The number of ketones is 1. The molecule has 0 aliphatic rings. The summed E-state index contributed by atoms with van der Waals surface area (Å²) in [6, 6.07) is 1.95. The molecule has 0 aromatic heterocycles. The zero-order valence-electron chi connectivity index (χ0n) is 10.4. The number of alkyl halides is 10. The molecule has 0 bridgehead atoms. The standard InChI is InChI=1S/C11H4F10O2/c12-8(13,9(14,15)10(16,17)18)7(22)5-3-1-2-4-6(5)23-11(19,20)21/h1-4H. The first kappa shape index (κ1) is 19.0. The third-order valence-electron chi connectivity index (χ3n) is 2.39. The normalized spacial score (nSPS) is 13.8. The molecule has 0 aliphatic heterocycles. The van der Waals surface area contributed by atoms with E-state index in [4.69, 9.17) is 0 Å². The molecular formula is C11H4F10O2. The Morgan fingerprint density at radius 2 is 1.30 bits per heavy atom. The molecule has 23 heavy (non-hydrogen) atoms. The largest absolute Gasteiger partial charge is 0.573 e. The Hall–Kier alpha value is -2.01. The highest BCUT2D eigenvalue weighted by Gasteiger charge is 2.76. The van der Waals surface area contributed by atoms with Crippen LogP contribution in [-0.2, 0) is 0 Å². The maximum Gasteiger partial charge on any atom is 0.573 e. The van der Waals surface area contributed by atoms with Crippen LogP contribution in [0.3, 0.4) is 0 Å². The number of ether oxygens (including phenoxy) is 1. The van der Waals surface area contributed by atoms with Gasteiger partial charge >= 0.3 is 24.4 Å². The van der Waals surface area contributed by atoms with Crippen LogP contribution < -0.4 is 4.74 Å². The summed E-state index contributed by atoms with van der Waals surface area (Å²) in [6.45, 7) is 0. The Morgan fingerprint density at radius 3 is 1.74 bits per heavy atom. The number of carbonyl (C=O) groups excluding carboxylic acids is 1. The van der Waals surface area contributed by atoms with E-state index in [1.807, 2.05) is 0 Å². The minimum absolute atomic E-state index is 0.198. The predicted octanol–water partition coefficient (Wildman–Crippen LogP) is 4.60. The van der Waals surface area contributed by atoms with Gasteiger partial charge in [0.1, 0.15) is 5.75 Å². The third-order valence-corrected chi connectivity index (χ3v) is 2.39. The topological polar surface area (TPSA) is 26.3 Å². The number of hydrogen-bond acceptors (Lipinski definition) is 2. The van der Waals surface area contributed by atoms with Crippen LogP contribution >= 0.6 is 0 Å². The second-order valence-corrected chi connectivity index (χ2v) is 4.02. The van der Waals surface area contributed by atoms with Crippen LogP contribution in [0.1, 0.15) is 10.4 Å². The zero-order chi connectivity index (χ0) is 18.3. The van der Waals surface area contributed by atoms with Gasteiger partial charge in [-0.1, -0.05) is 12.1 Å². The second kappa shape index (κ2) is 5.57. The molecular weight excluding hydrogens is 354 g/mol. The summed E-state index contributed by atoms with van der Waals surface area (Å²) in [6.07, 6.45) is -12.3. The van der Waals surface area contributed by atoms with E-state index in [0.717, 1.165) is 6.07 Å². The lowest BCUT2D eigenvalue weighted by Gasteiger charge is -2.27. The summed E-state index contributed by atoms with van der Waals surface area (Å²) in [5, 5.41) is 0. The minimum atomic E-state index is -6.80. The van der Waals surface area contributed by atoms with Gasteiger partial charge in [0.05, 0.1) is 5.56 Å². The average Bonchev–Trinajstić information content (AvgIpc) is 2.35. The Labute approximate surface area is 120 Å². The number of benzene rings is 1. The van der Waals surface area contributed by atoms with Gasteiger partial charge in [0, 0.05) is 0 Å². The summed E-state index contributed by atoms with van der Waals surface area (Å²) in [7, 11) is 0. The Bertz CT molecular complexity index is 587. The molecule has 1 rings (SSSR count). The summed E-state index contributed by atoms with van der Waals surface area (Å²) in [5.74, 6) is -17.9. The van der Waals surface area contributed by atoms with Crippen LogP contribution in [0.5, 0.6) is 5.75 Å². The van der Waals surface area contributed by atoms with Gasteiger partial charge in [-0.05, 0) is 12.1 Å². The van der Waals surface area contributed by atoms with Gasteiger partial charge in [-0.15, -0.1) is 13.2 Å². The SMILES string of the molecule is O=C(c1ccccc1OC(F)(F)F)C(F)(F)C(F)(F)C(F)(F)F. The van der Waals surface area contributed by atoms with E-state index in [-0.39, 0.29) is 6.07 Å². The highest BCUT2D eigenvalue weighted by atomic mass is 19.4. The fraction of sp³-hybridized carbons (Fsp3) is 0.364. The van der Waals surface area contributed by atoms with E-state index in [2.05, 4.69) is 4.74 Å². The number of halogens is 10. The van der Waals surface area contributed by atoms with E-state index in [9.17, 15) is 48.7 Å². The number of para-hydroxylation sites is 1. The molecule has 0 amide bonds. The fourth-order valence-electron chi connectivity index (χ4n) is 1.36. The fourth-order valence-corrected chi connectivity index (χ4v) is 1.36. The monoisotopic (exact) mass is 358 g/mol. The Morgan fingerprint density at radius 1 is 0.826 bits per heavy atom. The number of hydrogen-bond donors (Lipinski definition) is 0. The summed E-state index contributed by atoms with van der Waals surface area (Å²) in [5.41, 5.74) is -1.78. The Kier molecular flexibility index (Phi) is 4.61. The third kappa shape index (κ3) is 3.67. The van der Waals surface area contributed by atoms with Crippen molar-refractivity contribution in [2.24, 2.45) is 0 Å². The van der Waals surface area contributed by atoms with E-state index >= 15 is 0 Å². The lowest BCUT2D eigenvalue weighted by molar-refractivity contribution is -0.339. The molecule has 0 saturated heterocycles. The summed E-state index contributed by atoms with van der Waals surface area (Å²) < 4.78 is 127. The van der Waals surface area contributed by atoms with Crippen LogP contribution in [0.15, 0.2) is 24.3 Å². The molecule has 130 valence electrons. The number of rotatable bonds is 4. The van der Waals surface area contributed by atoms with Gasteiger partial charge in [0.15, 0.2) is 0 Å². The van der Waals surface area contributed by atoms with Crippen LogP contribution in [0.4, 0.5) is 43.9 Å². The van der Waals surface area contributed by atoms with Crippen molar-refractivity contribution in [3.05, 3.63) is 29.8 Å². The maximum atomic E-state index is 13.2. The van der Waals surface area contributed by atoms with E-state index in [1.165, 1.54) is 0 Å². The molecule has 0 N–H and O–H groups in total. The Balaban J connectivity index is 3.35. The van der Waals surface area contributed by atoms with Crippen LogP contribution in [0, 0.1) is 0 Å². The predicted molar refractivity (Wildman–Crippen MR) is 53.4 cm³/mol. The smallest absolute Gasteiger partial charge is 0.405 e. The van der Waals surface area contributed by atoms with E-state index in [1.54, 1.807) is 0 Å². The molecule has 1 aromatic carbocycles. The first-order valence-corrected chi connectivity index (χ1v) is 5.33. The molecule has 0 radical (unpaired) electrons. The molecule has 0 atom stereocenters. The molecule has 0 saturated carbocycles. The van der Waals surface area contributed by atoms with Crippen molar-refractivity contribution in [2.45, 2.75) is 24.4 Å². The molecule has 12 heteroatoms. The van der Waals surface area contributed by atoms with Gasteiger partial charge in [-0.3, -0.25) is 4.79 Å². The summed E-state index contributed by atoms with van der Waals surface area (Å²) in [4.78, 5) is 11.3. The van der Waals surface area contributed by atoms with Gasteiger partial charge in [-0.2, -0.15) is 30.7 Å². The van der Waals surface area contributed by atoms with Crippen molar-refractivity contribution in [2.75, 3.05) is 0 Å². The number of Topliss-reactive ketones (excluding diaryl/α,β-unsaturated/α-hetero) is 1. The molecule has 0 unspecified atom stereocenters. The molecule has 0 fully saturated rings.